The van der Waals surface area contributed by atoms with Gasteiger partial charge in [-0.25, -0.2) is 9.37 Å². The maximum absolute atomic E-state index is 13.7. The Balaban J connectivity index is 1.92. The van der Waals surface area contributed by atoms with E-state index in [2.05, 4.69) is 10.3 Å². The van der Waals surface area contributed by atoms with Crippen molar-refractivity contribution in [1.82, 2.24) is 9.55 Å². The number of nitrogens with one attached hydrogen (secondary N) is 1. The predicted octanol–water partition coefficient (Wildman–Crippen LogP) is 3.56. The van der Waals surface area contributed by atoms with Crippen LogP contribution in [-0.2, 0) is 17.8 Å². The maximum atomic E-state index is 13.7. The van der Waals surface area contributed by atoms with Gasteiger partial charge >= 0.3 is 0 Å². The van der Waals surface area contributed by atoms with Crippen LogP contribution >= 0.6 is 0 Å². The largest absolute Gasteiger partial charge is 0.324 e. The van der Waals surface area contributed by atoms with Crippen molar-refractivity contribution in [2.75, 3.05) is 5.32 Å². The Morgan fingerprint density at radius 1 is 1.15 bits per heavy atom. The van der Waals surface area contributed by atoms with Crippen molar-refractivity contribution in [3.63, 3.8) is 0 Å². The number of benzene rings is 2. The lowest BCUT2D eigenvalue weighted by Gasteiger charge is -2.14. The van der Waals surface area contributed by atoms with E-state index in [0.29, 0.717) is 29.2 Å². The van der Waals surface area contributed by atoms with E-state index in [1.54, 1.807) is 19.1 Å². The van der Waals surface area contributed by atoms with E-state index in [0.717, 1.165) is 5.56 Å². The van der Waals surface area contributed by atoms with Gasteiger partial charge in [0.2, 0.25) is 5.91 Å². The van der Waals surface area contributed by atoms with Gasteiger partial charge in [0.15, 0.2) is 0 Å². The molecule has 3 rings (SSSR count). The highest BCUT2D eigenvalue weighted by Gasteiger charge is 2.14. The van der Waals surface area contributed by atoms with Crippen molar-refractivity contribution in [2.24, 2.45) is 0 Å². The monoisotopic (exact) mass is 365 g/mol. The first-order valence-electron chi connectivity index (χ1n) is 8.70. The van der Waals surface area contributed by atoms with Gasteiger partial charge in [0.25, 0.3) is 5.56 Å². The average molecular weight is 365 g/mol. The molecule has 138 valence electrons. The number of carbonyl (C=O) groups is 1. The SMILES string of the molecule is CCc1cc(=O)n(CC(=O)Nc2ccc(C)c(F)c2)c(-c2ccccc2)n1. The van der Waals surface area contributed by atoms with Crippen molar-refractivity contribution in [3.8, 4) is 11.4 Å². The summed E-state index contributed by atoms with van der Waals surface area (Å²) in [6.45, 7) is 3.35. The second-order valence-corrected chi connectivity index (χ2v) is 6.23. The maximum Gasteiger partial charge on any atom is 0.254 e. The van der Waals surface area contributed by atoms with Crippen molar-refractivity contribution < 1.29 is 9.18 Å². The zero-order valence-electron chi connectivity index (χ0n) is 15.2. The fourth-order valence-electron chi connectivity index (χ4n) is 2.71. The summed E-state index contributed by atoms with van der Waals surface area (Å²) in [5, 5.41) is 2.63. The summed E-state index contributed by atoms with van der Waals surface area (Å²) in [6, 6.07) is 15.1. The van der Waals surface area contributed by atoms with Crippen LogP contribution in [0.1, 0.15) is 18.2 Å². The molecule has 0 bridgehead atoms. The quantitative estimate of drug-likeness (QED) is 0.752. The van der Waals surface area contributed by atoms with Gasteiger partial charge < -0.3 is 5.32 Å². The molecule has 0 saturated carbocycles. The number of nitrogens with zero attached hydrogens (tertiary/aromatic N) is 2. The molecule has 1 N–H and O–H groups in total. The Bertz CT molecular complexity index is 1030. The summed E-state index contributed by atoms with van der Waals surface area (Å²) in [6.07, 6.45) is 0.616. The summed E-state index contributed by atoms with van der Waals surface area (Å²) in [5.41, 5.74) is 1.95. The molecule has 0 aliphatic carbocycles. The van der Waals surface area contributed by atoms with E-state index in [9.17, 15) is 14.0 Å². The van der Waals surface area contributed by atoms with Crippen LogP contribution in [0.15, 0.2) is 59.4 Å². The zero-order chi connectivity index (χ0) is 19.4. The van der Waals surface area contributed by atoms with E-state index < -0.39 is 11.7 Å². The summed E-state index contributed by atoms with van der Waals surface area (Å²) >= 11 is 0. The fourth-order valence-corrected chi connectivity index (χ4v) is 2.71. The Hall–Kier alpha value is -3.28. The first-order valence-corrected chi connectivity index (χ1v) is 8.70. The van der Waals surface area contributed by atoms with Crippen LogP contribution in [0.2, 0.25) is 0 Å². The second-order valence-electron chi connectivity index (χ2n) is 6.23. The van der Waals surface area contributed by atoms with Gasteiger partial charge in [0.05, 0.1) is 0 Å². The number of hydrogen-bond donors (Lipinski definition) is 1. The Kier molecular flexibility index (Phi) is 5.45. The minimum Gasteiger partial charge on any atom is -0.324 e. The summed E-state index contributed by atoms with van der Waals surface area (Å²) in [7, 11) is 0. The van der Waals surface area contributed by atoms with E-state index in [1.165, 1.54) is 16.7 Å². The molecule has 0 unspecified atom stereocenters. The first kappa shape index (κ1) is 18.5. The highest BCUT2D eigenvalue weighted by Crippen LogP contribution is 2.17. The molecular formula is C21H20FN3O2. The van der Waals surface area contributed by atoms with Crippen LogP contribution < -0.4 is 10.9 Å². The van der Waals surface area contributed by atoms with E-state index >= 15 is 0 Å². The molecule has 0 radical (unpaired) electrons. The Labute approximate surface area is 156 Å². The predicted molar refractivity (Wildman–Crippen MR) is 103 cm³/mol. The molecule has 0 saturated heterocycles. The normalized spacial score (nSPS) is 10.6. The third kappa shape index (κ3) is 4.28. The third-order valence-corrected chi connectivity index (χ3v) is 4.21. The number of aromatic nitrogens is 2. The molecule has 0 fully saturated rings. The van der Waals surface area contributed by atoms with Gasteiger partial charge in [-0.15, -0.1) is 0 Å². The van der Waals surface area contributed by atoms with Crippen molar-refractivity contribution in [2.45, 2.75) is 26.8 Å². The molecule has 1 heterocycles. The van der Waals surface area contributed by atoms with Crippen LogP contribution in [0, 0.1) is 12.7 Å². The number of carbonyl (C=O) groups excluding carboxylic acids is 1. The molecule has 0 atom stereocenters. The van der Waals surface area contributed by atoms with Gasteiger partial charge in [0, 0.05) is 23.0 Å². The first-order chi connectivity index (χ1) is 13.0. The van der Waals surface area contributed by atoms with Crippen LogP contribution in [0.3, 0.4) is 0 Å². The number of rotatable bonds is 5. The van der Waals surface area contributed by atoms with Gasteiger partial charge in [-0.1, -0.05) is 43.3 Å². The molecule has 1 aromatic heterocycles. The molecular weight excluding hydrogens is 345 g/mol. The van der Waals surface area contributed by atoms with Crippen molar-refractivity contribution in [1.29, 1.82) is 0 Å². The molecule has 3 aromatic rings. The van der Waals surface area contributed by atoms with Crippen molar-refractivity contribution in [3.05, 3.63) is 82.0 Å². The van der Waals surface area contributed by atoms with Gasteiger partial charge in [-0.05, 0) is 31.0 Å². The lowest BCUT2D eigenvalue weighted by atomic mass is 10.2. The number of hydrogen-bond acceptors (Lipinski definition) is 3. The summed E-state index contributed by atoms with van der Waals surface area (Å²) in [5.74, 6) is -0.391. The van der Waals surface area contributed by atoms with E-state index in [4.69, 9.17) is 0 Å². The smallest absolute Gasteiger partial charge is 0.254 e. The van der Waals surface area contributed by atoms with Crippen LogP contribution in [0.5, 0.6) is 0 Å². The molecule has 6 heteroatoms. The average Bonchev–Trinajstić information content (AvgIpc) is 2.66. The Morgan fingerprint density at radius 2 is 1.89 bits per heavy atom. The molecule has 0 aliphatic heterocycles. The van der Waals surface area contributed by atoms with E-state index in [1.807, 2.05) is 37.3 Å². The zero-order valence-corrected chi connectivity index (χ0v) is 15.2. The second kappa shape index (κ2) is 7.95. The number of anilines is 1. The van der Waals surface area contributed by atoms with E-state index in [-0.39, 0.29) is 12.1 Å². The highest BCUT2D eigenvalue weighted by molar-refractivity contribution is 5.90. The number of aryl methyl sites for hydroxylation is 2. The van der Waals surface area contributed by atoms with Crippen LogP contribution in [0.25, 0.3) is 11.4 Å². The molecule has 2 aromatic carbocycles. The Morgan fingerprint density at radius 3 is 2.56 bits per heavy atom. The number of halogens is 1. The van der Waals surface area contributed by atoms with Crippen molar-refractivity contribution >= 4 is 11.6 Å². The minimum atomic E-state index is -0.427. The topological polar surface area (TPSA) is 64.0 Å². The van der Waals surface area contributed by atoms with Gasteiger partial charge in [-0.3, -0.25) is 14.2 Å². The third-order valence-electron chi connectivity index (χ3n) is 4.21. The minimum absolute atomic E-state index is 0.213. The summed E-state index contributed by atoms with van der Waals surface area (Å²) < 4.78 is 15.0. The lowest BCUT2D eigenvalue weighted by molar-refractivity contribution is -0.116. The molecule has 27 heavy (non-hydrogen) atoms. The molecule has 0 aliphatic rings. The number of amides is 1. The molecule has 0 spiro atoms. The molecule has 1 amide bonds. The standard InChI is InChI=1S/C21H20FN3O2/c1-3-16-12-20(27)25(21(24-16)15-7-5-4-6-8-15)13-19(26)23-17-10-9-14(2)18(22)11-17/h4-12H,3,13H2,1-2H3,(H,23,26). The fraction of sp³-hybridized carbons (Fsp3) is 0.190. The summed E-state index contributed by atoms with van der Waals surface area (Å²) in [4.78, 5) is 29.5. The van der Waals surface area contributed by atoms with Crippen LogP contribution in [0.4, 0.5) is 10.1 Å². The van der Waals surface area contributed by atoms with Crippen LogP contribution in [-0.4, -0.2) is 15.5 Å². The molecule has 5 nitrogen and oxygen atoms in total. The van der Waals surface area contributed by atoms with Gasteiger partial charge in [-0.2, -0.15) is 0 Å². The lowest BCUT2D eigenvalue weighted by Crippen LogP contribution is -2.30. The highest BCUT2D eigenvalue weighted by atomic mass is 19.1. The van der Waals surface area contributed by atoms with Gasteiger partial charge in [0.1, 0.15) is 18.2 Å².